The normalized spacial score (nSPS) is 13.5. The Morgan fingerprint density at radius 3 is 2.03 bits per heavy atom. The van der Waals surface area contributed by atoms with Crippen molar-refractivity contribution in [3.63, 3.8) is 0 Å². The van der Waals surface area contributed by atoms with Crippen LogP contribution in [-0.4, -0.2) is 10.9 Å². The standard InChI is InChI=1S/C20H11Cl2F3N2O2S/c21-9-1-3-11-14(7-9)30-15-8-10(22)2-4-12(15)17(11)27-19(29)13-5-6-16(20(23,24)25)26-18(13)28/h1-8,17H,(H,26,28)(H,27,29). The van der Waals surface area contributed by atoms with E-state index in [-0.39, 0.29) is 0 Å². The molecule has 3 aromatic rings. The number of halogens is 5. The summed E-state index contributed by atoms with van der Waals surface area (Å²) < 4.78 is 38.3. The smallest absolute Gasteiger partial charge is 0.341 e. The van der Waals surface area contributed by atoms with Crippen molar-refractivity contribution in [1.29, 1.82) is 0 Å². The first-order valence-corrected chi connectivity index (χ1v) is 10.1. The molecule has 0 aliphatic carbocycles. The summed E-state index contributed by atoms with van der Waals surface area (Å²) in [7, 11) is 0. The number of carbonyl (C=O) groups is 1. The van der Waals surface area contributed by atoms with Crippen LogP contribution in [-0.2, 0) is 6.18 Å². The predicted molar refractivity (Wildman–Crippen MR) is 108 cm³/mol. The van der Waals surface area contributed by atoms with Gasteiger partial charge in [-0.3, -0.25) is 9.59 Å². The number of nitrogens with one attached hydrogen (secondary N) is 2. The second-order valence-corrected chi connectivity index (χ2v) is 8.44. The first-order chi connectivity index (χ1) is 14.1. The summed E-state index contributed by atoms with van der Waals surface area (Å²) in [6.45, 7) is 0. The van der Waals surface area contributed by atoms with E-state index in [1.165, 1.54) is 11.8 Å². The highest BCUT2D eigenvalue weighted by Gasteiger charge is 2.33. The number of aromatic amines is 1. The summed E-state index contributed by atoms with van der Waals surface area (Å²) in [6.07, 6.45) is -4.72. The van der Waals surface area contributed by atoms with Crippen LogP contribution in [0.15, 0.2) is 63.1 Å². The quantitative estimate of drug-likeness (QED) is 0.505. The minimum atomic E-state index is -4.72. The van der Waals surface area contributed by atoms with E-state index in [0.29, 0.717) is 16.1 Å². The molecule has 4 rings (SSSR count). The van der Waals surface area contributed by atoms with Gasteiger partial charge < -0.3 is 10.3 Å². The topological polar surface area (TPSA) is 62.0 Å². The van der Waals surface area contributed by atoms with E-state index in [4.69, 9.17) is 23.2 Å². The fourth-order valence-electron chi connectivity index (χ4n) is 3.14. The van der Waals surface area contributed by atoms with Gasteiger partial charge >= 0.3 is 6.18 Å². The van der Waals surface area contributed by atoms with E-state index < -0.39 is 34.9 Å². The molecule has 0 atom stereocenters. The van der Waals surface area contributed by atoms with Crippen LogP contribution in [0.2, 0.25) is 10.0 Å². The maximum Gasteiger partial charge on any atom is 0.431 e. The Morgan fingerprint density at radius 2 is 1.53 bits per heavy atom. The molecule has 1 aromatic heterocycles. The Kier molecular flexibility index (Phi) is 5.34. The van der Waals surface area contributed by atoms with Gasteiger partial charge in [-0.05, 0) is 47.5 Å². The van der Waals surface area contributed by atoms with E-state index in [1.54, 1.807) is 41.4 Å². The molecule has 2 aromatic carbocycles. The molecule has 1 aliphatic rings. The van der Waals surface area contributed by atoms with Crippen molar-refractivity contribution >= 4 is 40.9 Å². The molecule has 30 heavy (non-hydrogen) atoms. The van der Waals surface area contributed by atoms with Crippen molar-refractivity contribution in [1.82, 2.24) is 10.3 Å². The van der Waals surface area contributed by atoms with Crippen LogP contribution in [0.5, 0.6) is 0 Å². The summed E-state index contributed by atoms with van der Waals surface area (Å²) in [4.78, 5) is 28.2. The van der Waals surface area contributed by atoms with Gasteiger partial charge in [0.05, 0.1) is 6.04 Å². The van der Waals surface area contributed by atoms with Crippen molar-refractivity contribution < 1.29 is 18.0 Å². The second kappa shape index (κ2) is 7.68. The Labute approximate surface area is 182 Å². The van der Waals surface area contributed by atoms with Gasteiger partial charge in [-0.2, -0.15) is 13.2 Å². The number of carbonyl (C=O) groups excluding carboxylic acids is 1. The van der Waals surface area contributed by atoms with Gasteiger partial charge in [-0.1, -0.05) is 47.1 Å². The van der Waals surface area contributed by atoms with Crippen LogP contribution in [0, 0.1) is 0 Å². The predicted octanol–water partition coefficient (Wildman–Crippen LogP) is 5.68. The molecule has 0 spiro atoms. The Morgan fingerprint density at radius 1 is 0.967 bits per heavy atom. The summed E-state index contributed by atoms with van der Waals surface area (Å²) in [5.74, 6) is -0.802. The first kappa shape index (κ1) is 20.8. The number of hydrogen-bond acceptors (Lipinski definition) is 3. The Balaban J connectivity index is 1.73. The van der Waals surface area contributed by atoms with Crippen molar-refractivity contribution in [2.75, 3.05) is 0 Å². The van der Waals surface area contributed by atoms with Crippen LogP contribution >= 0.6 is 35.0 Å². The third-order valence-electron chi connectivity index (χ3n) is 4.53. The molecule has 0 saturated carbocycles. The van der Waals surface area contributed by atoms with Crippen LogP contribution in [0.4, 0.5) is 13.2 Å². The van der Waals surface area contributed by atoms with Crippen LogP contribution in [0.3, 0.4) is 0 Å². The van der Waals surface area contributed by atoms with E-state index in [1.807, 2.05) is 0 Å². The lowest BCUT2D eigenvalue weighted by Gasteiger charge is -2.29. The number of hydrogen-bond donors (Lipinski definition) is 2. The molecule has 1 aliphatic heterocycles. The highest BCUT2D eigenvalue weighted by atomic mass is 35.5. The molecule has 10 heteroatoms. The molecular weight excluding hydrogens is 460 g/mol. The summed E-state index contributed by atoms with van der Waals surface area (Å²) >= 11 is 13.6. The van der Waals surface area contributed by atoms with Gasteiger partial charge in [0, 0.05) is 19.8 Å². The first-order valence-electron chi connectivity index (χ1n) is 8.51. The average molecular weight is 471 g/mol. The van der Waals surface area contributed by atoms with E-state index >= 15 is 0 Å². The number of fused-ring (bicyclic) bond motifs is 2. The molecular formula is C20H11Cl2F3N2O2S. The summed E-state index contributed by atoms with van der Waals surface area (Å²) in [5.41, 5.74) is -1.28. The average Bonchev–Trinajstić information content (AvgIpc) is 2.66. The third kappa shape index (κ3) is 3.95. The zero-order valence-corrected chi connectivity index (χ0v) is 17.1. The third-order valence-corrected chi connectivity index (χ3v) is 6.15. The molecule has 2 N–H and O–H groups in total. The van der Waals surface area contributed by atoms with Gasteiger partial charge in [0.1, 0.15) is 11.3 Å². The number of H-pyrrole nitrogens is 1. The maximum atomic E-state index is 12.8. The highest BCUT2D eigenvalue weighted by molar-refractivity contribution is 7.99. The van der Waals surface area contributed by atoms with Crippen molar-refractivity contribution in [3.05, 3.63) is 91.3 Å². The summed E-state index contributed by atoms with van der Waals surface area (Å²) in [5, 5.41) is 3.77. The SMILES string of the molecule is O=C(NC1c2ccc(Cl)cc2Sc2cc(Cl)ccc21)c1ccc(C(F)(F)F)[nH]c1=O. The van der Waals surface area contributed by atoms with E-state index in [2.05, 4.69) is 5.32 Å². The molecule has 0 unspecified atom stereocenters. The lowest BCUT2D eigenvalue weighted by Crippen LogP contribution is -2.35. The minimum Gasteiger partial charge on any atom is -0.341 e. The van der Waals surface area contributed by atoms with Crippen molar-refractivity contribution in [2.24, 2.45) is 0 Å². The lowest BCUT2D eigenvalue weighted by molar-refractivity contribution is -0.141. The number of aromatic nitrogens is 1. The molecule has 0 radical (unpaired) electrons. The monoisotopic (exact) mass is 470 g/mol. The van der Waals surface area contributed by atoms with Crippen molar-refractivity contribution in [2.45, 2.75) is 22.0 Å². The van der Waals surface area contributed by atoms with E-state index in [9.17, 15) is 22.8 Å². The van der Waals surface area contributed by atoms with Gasteiger partial charge in [-0.15, -0.1) is 0 Å². The number of benzene rings is 2. The molecule has 2 heterocycles. The minimum absolute atomic E-state index is 0.424. The number of alkyl halides is 3. The number of amides is 1. The van der Waals surface area contributed by atoms with Crippen LogP contribution < -0.4 is 10.9 Å². The maximum absolute atomic E-state index is 12.8. The largest absolute Gasteiger partial charge is 0.431 e. The van der Waals surface area contributed by atoms with Gasteiger partial charge in [0.2, 0.25) is 0 Å². The van der Waals surface area contributed by atoms with Gasteiger partial charge in [0.25, 0.3) is 11.5 Å². The number of pyridine rings is 1. The second-order valence-electron chi connectivity index (χ2n) is 6.49. The molecule has 0 bridgehead atoms. The lowest BCUT2D eigenvalue weighted by atomic mass is 9.97. The molecule has 154 valence electrons. The van der Waals surface area contributed by atoms with E-state index in [0.717, 1.165) is 27.0 Å². The molecule has 1 amide bonds. The van der Waals surface area contributed by atoms with Crippen LogP contribution in [0.25, 0.3) is 0 Å². The zero-order valence-electron chi connectivity index (χ0n) is 14.8. The highest BCUT2D eigenvalue weighted by Crippen LogP contribution is 2.46. The van der Waals surface area contributed by atoms with Gasteiger partial charge in [-0.25, -0.2) is 0 Å². The Bertz CT molecular complexity index is 1180. The van der Waals surface area contributed by atoms with Crippen LogP contribution in [0.1, 0.15) is 33.2 Å². The summed E-state index contributed by atoms with van der Waals surface area (Å²) in [6, 6.07) is 11.2. The fourth-order valence-corrected chi connectivity index (χ4v) is 4.83. The zero-order chi connectivity index (χ0) is 21.6. The fraction of sp³-hybridized carbons (Fsp3) is 0.100. The molecule has 0 saturated heterocycles. The number of rotatable bonds is 2. The van der Waals surface area contributed by atoms with Gasteiger partial charge in [0.15, 0.2) is 0 Å². The Hall–Kier alpha value is -2.42. The molecule has 4 nitrogen and oxygen atoms in total. The molecule has 0 fully saturated rings. The van der Waals surface area contributed by atoms with Crippen molar-refractivity contribution in [3.8, 4) is 0 Å².